The Morgan fingerprint density at radius 2 is 1.36 bits per heavy atom. The number of aliphatic hydroxyl groups excluding tert-OH is 6. The van der Waals surface area contributed by atoms with E-state index in [0.29, 0.717) is 0 Å². The van der Waals surface area contributed by atoms with Gasteiger partial charge in [-0.3, -0.25) is 0 Å². The van der Waals surface area contributed by atoms with E-state index in [-0.39, 0.29) is 19.8 Å². The summed E-state index contributed by atoms with van der Waals surface area (Å²) in [5, 5.41) is 57.5. The highest BCUT2D eigenvalue weighted by molar-refractivity contribution is 15.0. The summed E-state index contributed by atoms with van der Waals surface area (Å²) in [6.07, 6.45) is -8.05. The van der Waals surface area contributed by atoms with Gasteiger partial charge in [0.25, 0.3) is 0 Å². The zero-order valence-electron chi connectivity index (χ0n) is 21.0. The molecule has 3 saturated heterocycles. The van der Waals surface area contributed by atoms with Gasteiger partial charge < -0.3 is 59.1 Å². The fourth-order valence-electron chi connectivity index (χ4n) is 4.03. The average Bonchev–Trinajstić information content (AvgIpc) is 2.98. The largest absolute Gasteiger partial charge is 0.394 e. The minimum atomic E-state index is -1.40. The van der Waals surface area contributed by atoms with Crippen LogP contribution in [0.3, 0.4) is 0 Å². The molecule has 0 aromatic heterocycles. The van der Waals surface area contributed by atoms with Crippen molar-refractivity contribution in [1.82, 2.24) is 0 Å². The van der Waals surface area contributed by atoms with Gasteiger partial charge in [-0.1, -0.05) is 42.5 Å². The number of aliphatic hydroxyl groups is 6. The van der Waals surface area contributed by atoms with Crippen molar-refractivity contribution in [3.05, 3.63) is 61.2 Å². The molecule has 0 spiro atoms. The van der Waals surface area contributed by atoms with Gasteiger partial charge in [0, 0.05) is 42.8 Å². The maximum absolute atomic E-state index is 10.3. The Balaban J connectivity index is 0.000000275. The summed E-state index contributed by atoms with van der Waals surface area (Å²) in [7, 11) is 0. The Hall–Kier alpha value is -0.320. The number of rotatable bonds is 8. The first-order chi connectivity index (χ1) is 18.8. The second-order valence-corrected chi connectivity index (χ2v) is 8.64. The topological polar surface area (TPSA) is 177 Å². The standard InChI is InChI=1S/C16H20O6.C9H16O6.I2/c1-2-8-19-16-13(18)12(17)14-11(21-16)9-20-15(22-14)10-6-4-3-5-7-10;1-2-3-14-9-8(13)7(12)6(11)5(4-10)15-9;1-2/h2-7,11-18H,1,8-9H2;2,5-13H,1,3-4H2;. The van der Waals surface area contributed by atoms with Crippen LogP contribution < -0.4 is 0 Å². The Morgan fingerprint density at radius 1 is 0.795 bits per heavy atom. The van der Waals surface area contributed by atoms with Crippen molar-refractivity contribution >= 4 is 37.2 Å². The highest BCUT2D eigenvalue weighted by Gasteiger charge is 2.49. The molecule has 3 aliphatic heterocycles. The monoisotopic (exact) mass is 782 g/mol. The number of fused-ring (bicyclic) bond motifs is 1. The van der Waals surface area contributed by atoms with Gasteiger partial charge in [-0.25, -0.2) is 0 Å². The summed E-state index contributed by atoms with van der Waals surface area (Å²) in [4.78, 5) is 0. The van der Waals surface area contributed by atoms with E-state index >= 15 is 0 Å². The van der Waals surface area contributed by atoms with Gasteiger partial charge in [-0.05, 0) is 0 Å². The summed E-state index contributed by atoms with van der Waals surface area (Å²) >= 11 is 4.24. The lowest BCUT2D eigenvalue weighted by molar-refractivity contribution is -0.360. The second kappa shape index (κ2) is 18.3. The van der Waals surface area contributed by atoms with Gasteiger partial charge in [0.15, 0.2) is 18.9 Å². The molecule has 0 radical (unpaired) electrons. The van der Waals surface area contributed by atoms with Crippen molar-refractivity contribution in [2.24, 2.45) is 0 Å². The molecule has 0 aliphatic carbocycles. The summed E-state index contributed by atoms with van der Waals surface area (Å²) in [5.74, 6) is 0. The molecule has 14 heteroatoms. The minimum Gasteiger partial charge on any atom is -0.394 e. The highest BCUT2D eigenvalue weighted by Crippen LogP contribution is 2.34. The van der Waals surface area contributed by atoms with Gasteiger partial charge in [-0.15, -0.1) is 13.2 Å². The average molecular weight is 782 g/mol. The van der Waals surface area contributed by atoms with E-state index in [1.165, 1.54) is 6.08 Å². The van der Waals surface area contributed by atoms with Crippen LogP contribution in [-0.2, 0) is 28.4 Å². The third-order valence-electron chi connectivity index (χ3n) is 6.01. The van der Waals surface area contributed by atoms with E-state index in [0.717, 1.165) is 5.56 Å². The molecule has 0 amide bonds. The van der Waals surface area contributed by atoms with Crippen molar-refractivity contribution < 1.29 is 59.1 Å². The van der Waals surface area contributed by atoms with Gasteiger partial charge >= 0.3 is 0 Å². The lowest BCUT2D eigenvalue weighted by Gasteiger charge is -2.46. The SMILES string of the molecule is C=CCOC1OC(CO)C(O)C(O)C1O.C=CCOC1OC2COC(c3ccccc3)OC2C(O)C1O.II. The summed E-state index contributed by atoms with van der Waals surface area (Å²) < 4.78 is 32.5. The lowest BCUT2D eigenvalue weighted by Crippen LogP contribution is -2.62. The molecule has 3 aliphatic rings. The lowest BCUT2D eigenvalue weighted by atomic mass is 9.98. The van der Waals surface area contributed by atoms with Crippen LogP contribution in [0.15, 0.2) is 55.6 Å². The maximum atomic E-state index is 10.3. The molecule has 39 heavy (non-hydrogen) atoms. The van der Waals surface area contributed by atoms with E-state index in [2.05, 4.69) is 50.4 Å². The predicted molar refractivity (Wildman–Crippen MR) is 155 cm³/mol. The first kappa shape index (κ1) is 34.9. The number of halogens is 2. The van der Waals surface area contributed by atoms with Crippen molar-refractivity contribution in [3.63, 3.8) is 0 Å². The first-order valence-corrected chi connectivity index (χ1v) is 18.3. The zero-order valence-corrected chi connectivity index (χ0v) is 25.3. The Bertz CT molecular complexity index is 833. The number of hydrogen-bond acceptors (Lipinski definition) is 12. The first-order valence-electron chi connectivity index (χ1n) is 12.1. The third kappa shape index (κ3) is 9.60. The molecule has 0 bridgehead atoms. The molecule has 3 fully saturated rings. The van der Waals surface area contributed by atoms with Crippen molar-refractivity contribution in [1.29, 1.82) is 0 Å². The van der Waals surface area contributed by atoms with Gasteiger partial charge in [0.2, 0.25) is 0 Å². The molecule has 4 rings (SSSR count). The van der Waals surface area contributed by atoms with Crippen LogP contribution in [0.4, 0.5) is 0 Å². The predicted octanol–water partition coefficient (Wildman–Crippen LogP) is 0.510. The Morgan fingerprint density at radius 3 is 1.92 bits per heavy atom. The van der Waals surface area contributed by atoms with Gasteiger partial charge in [0.05, 0.1) is 26.4 Å². The van der Waals surface area contributed by atoms with Crippen molar-refractivity contribution in [2.45, 2.75) is 67.7 Å². The van der Waals surface area contributed by atoms with Crippen molar-refractivity contribution in [2.75, 3.05) is 26.4 Å². The van der Waals surface area contributed by atoms with Crippen LogP contribution in [0.25, 0.3) is 0 Å². The van der Waals surface area contributed by atoms with Gasteiger partial charge in [-0.2, -0.15) is 0 Å². The normalized spacial score (nSPS) is 37.7. The number of benzene rings is 1. The number of ether oxygens (including phenoxy) is 6. The van der Waals surface area contributed by atoms with Crippen LogP contribution in [-0.4, -0.2) is 118 Å². The van der Waals surface area contributed by atoms with E-state index in [4.69, 9.17) is 33.5 Å². The molecule has 12 nitrogen and oxygen atoms in total. The van der Waals surface area contributed by atoms with Crippen LogP contribution in [0.1, 0.15) is 11.9 Å². The molecular formula is C25H36I2O12. The summed E-state index contributed by atoms with van der Waals surface area (Å²) in [6.45, 7) is 7.12. The molecule has 1 aromatic rings. The molecule has 0 saturated carbocycles. The van der Waals surface area contributed by atoms with Crippen LogP contribution >= 0.6 is 37.2 Å². The molecule has 1 aromatic carbocycles. The Kier molecular flexibility index (Phi) is 16.3. The van der Waals surface area contributed by atoms with Crippen LogP contribution in [0, 0.1) is 0 Å². The zero-order chi connectivity index (χ0) is 28.9. The molecule has 6 N–H and O–H groups in total. The summed E-state index contributed by atoms with van der Waals surface area (Å²) in [6, 6.07) is 9.44. The quantitative estimate of drug-likeness (QED) is 0.160. The van der Waals surface area contributed by atoms with Crippen LogP contribution in [0.2, 0.25) is 0 Å². The maximum Gasteiger partial charge on any atom is 0.187 e. The van der Waals surface area contributed by atoms with E-state index < -0.39 is 74.3 Å². The van der Waals surface area contributed by atoms with Crippen LogP contribution in [0.5, 0.6) is 0 Å². The summed E-state index contributed by atoms with van der Waals surface area (Å²) in [5.41, 5.74) is 0.854. The van der Waals surface area contributed by atoms with Crippen molar-refractivity contribution in [3.8, 4) is 0 Å². The molecular weight excluding hydrogens is 746 g/mol. The second-order valence-electron chi connectivity index (χ2n) is 8.64. The van der Waals surface area contributed by atoms with E-state index in [9.17, 15) is 25.5 Å². The Labute approximate surface area is 250 Å². The molecule has 11 atom stereocenters. The molecule has 222 valence electrons. The highest BCUT2D eigenvalue weighted by atomic mass is 128. The third-order valence-corrected chi connectivity index (χ3v) is 6.01. The fourth-order valence-corrected chi connectivity index (χ4v) is 4.03. The molecule has 11 unspecified atom stereocenters. The number of hydrogen-bond donors (Lipinski definition) is 6. The van der Waals surface area contributed by atoms with E-state index in [1.807, 2.05) is 30.3 Å². The van der Waals surface area contributed by atoms with E-state index in [1.54, 1.807) is 6.08 Å². The smallest absolute Gasteiger partial charge is 0.187 e. The fraction of sp³-hybridized carbons (Fsp3) is 0.600. The molecule has 3 heterocycles. The minimum absolute atomic E-state index is 0.142. The van der Waals surface area contributed by atoms with Gasteiger partial charge in [0.1, 0.15) is 48.8 Å².